The van der Waals surface area contributed by atoms with Crippen LogP contribution in [0.25, 0.3) is 0 Å². The summed E-state index contributed by atoms with van der Waals surface area (Å²) in [5.74, 6) is -2.35. The van der Waals surface area contributed by atoms with E-state index in [2.05, 4.69) is 10.0 Å². The predicted octanol–water partition coefficient (Wildman–Crippen LogP) is 0.756. The number of hydrogen-bond acceptors (Lipinski definition) is 7. The van der Waals surface area contributed by atoms with E-state index in [1.54, 1.807) is 6.07 Å². The molecule has 13 heteroatoms. The average Bonchev–Trinajstić information content (AvgIpc) is 2.88. The molecule has 0 saturated carbocycles. The number of benzene rings is 2. The molecule has 3 rings (SSSR count). The topological polar surface area (TPSA) is 145 Å². The molecule has 1 aliphatic heterocycles. The number of halogens is 1. The molecular weight excluding hydrogens is 521 g/mol. The third kappa shape index (κ3) is 8.80. The quantitative estimate of drug-likeness (QED) is 0.285. The SMILES string of the molecule is O=C(NC(CCCc1ccccc1)B(O)O)C(CC(=O)N1CCOCC1)NS(=O)(=O)c1ccccc1Cl. The summed E-state index contributed by atoms with van der Waals surface area (Å²) >= 11 is 6.06. The number of rotatable bonds is 12. The van der Waals surface area contributed by atoms with Crippen LogP contribution in [0, 0.1) is 0 Å². The number of amides is 2. The van der Waals surface area contributed by atoms with Crippen LogP contribution in [-0.2, 0) is 30.8 Å². The molecule has 2 unspecified atom stereocenters. The van der Waals surface area contributed by atoms with Crippen LogP contribution in [0.15, 0.2) is 59.5 Å². The molecule has 2 atom stereocenters. The third-order valence-electron chi connectivity index (χ3n) is 5.99. The standard InChI is InChI=1S/C24H31BClN3O7S/c26-19-10-4-5-11-21(19)37(34,35)28-20(17-23(30)29-13-15-36-16-14-29)24(31)27-22(25(32)33)12-6-9-18-7-2-1-3-8-18/h1-5,7-8,10-11,20,22,28,32-33H,6,9,12-17H2,(H,27,31). The van der Waals surface area contributed by atoms with E-state index in [1.807, 2.05) is 30.3 Å². The number of hydrogen-bond donors (Lipinski definition) is 4. The fourth-order valence-electron chi connectivity index (χ4n) is 3.97. The van der Waals surface area contributed by atoms with Crippen molar-refractivity contribution in [1.29, 1.82) is 0 Å². The van der Waals surface area contributed by atoms with E-state index in [0.29, 0.717) is 39.1 Å². The van der Waals surface area contributed by atoms with E-state index in [9.17, 15) is 28.1 Å². The normalized spacial score (nSPS) is 15.6. The number of carbonyl (C=O) groups excluding carboxylic acids is 2. The summed E-state index contributed by atoms with van der Waals surface area (Å²) in [6.45, 7) is 1.33. The van der Waals surface area contributed by atoms with Gasteiger partial charge in [0.25, 0.3) is 0 Å². The molecule has 0 bridgehead atoms. The second-order valence-corrected chi connectivity index (χ2v) is 10.8. The van der Waals surface area contributed by atoms with Gasteiger partial charge in [-0.15, -0.1) is 0 Å². The van der Waals surface area contributed by atoms with Crippen molar-refractivity contribution < 1.29 is 32.8 Å². The van der Waals surface area contributed by atoms with Gasteiger partial charge in [-0.1, -0.05) is 54.1 Å². The Kier molecular flexibility index (Phi) is 10.9. The number of aryl methyl sites for hydroxylation is 1. The lowest BCUT2D eigenvalue weighted by Crippen LogP contribution is -2.55. The van der Waals surface area contributed by atoms with Gasteiger partial charge in [0.15, 0.2) is 0 Å². The molecule has 2 aromatic carbocycles. The Morgan fingerprint density at radius 1 is 1.05 bits per heavy atom. The lowest BCUT2D eigenvalue weighted by atomic mass is 9.76. The van der Waals surface area contributed by atoms with Gasteiger partial charge in [-0.25, -0.2) is 8.42 Å². The van der Waals surface area contributed by atoms with Crippen LogP contribution in [-0.4, -0.2) is 80.6 Å². The van der Waals surface area contributed by atoms with Gasteiger partial charge in [0.1, 0.15) is 10.9 Å². The van der Waals surface area contributed by atoms with Gasteiger partial charge in [0.05, 0.1) is 30.6 Å². The first-order valence-corrected chi connectivity index (χ1v) is 13.9. The van der Waals surface area contributed by atoms with E-state index in [0.717, 1.165) is 5.56 Å². The fraction of sp³-hybridized carbons (Fsp3) is 0.417. The number of carbonyl (C=O) groups is 2. The smallest absolute Gasteiger partial charge is 0.426 e. The summed E-state index contributed by atoms with van der Waals surface area (Å²) in [4.78, 5) is 27.3. The molecule has 2 amide bonds. The van der Waals surface area contributed by atoms with Crippen LogP contribution < -0.4 is 10.0 Å². The molecule has 1 saturated heterocycles. The van der Waals surface area contributed by atoms with E-state index in [4.69, 9.17) is 16.3 Å². The second kappa shape index (κ2) is 13.9. The molecule has 2 aromatic rings. The van der Waals surface area contributed by atoms with Crippen molar-refractivity contribution in [3.8, 4) is 0 Å². The van der Waals surface area contributed by atoms with Gasteiger partial charge in [-0.05, 0) is 37.0 Å². The van der Waals surface area contributed by atoms with Crippen LogP contribution in [0.5, 0.6) is 0 Å². The zero-order valence-corrected chi connectivity index (χ0v) is 21.8. The van der Waals surface area contributed by atoms with Gasteiger partial charge < -0.3 is 25.0 Å². The van der Waals surface area contributed by atoms with Gasteiger partial charge in [0.2, 0.25) is 21.8 Å². The number of nitrogens with zero attached hydrogens (tertiary/aromatic N) is 1. The van der Waals surface area contributed by atoms with Crippen molar-refractivity contribution in [3.05, 3.63) is 65.2 Å². The molecular formula is C24H31BClN3O7S. The lowest BCUT2D eigenvalue weighted by Gasteiger charge is -2.29. The number of morpholine rings is 1. The van der Waals surface area contributed by atoms with E-state index < -0.39 is 47.4 Å². The summed E-state index contributed by atoms with van der Waals surface area (Å²) in [7, 11) is -6.16. The van der Waals surface area contributed by atoms with Gasteiger partial charge in [-0.3, -0.25) is 9.59 Å². The summed E-state index contributed by atoms with van der Waals surface area (Å²) < 4.78 is 33.6. The molecule has 37 heavy (non-hydrogen) atoms. The second-order valence-electron chi connectivity index (χ2n) is 8.71. The number of nitrogens with one attached hydrogen (secondary N) is 2. The molecule has 1 fully saturated rings. The highest BCUT2D eigenvalue weighted by Gasteiger charge is 2.34. The maximum absolute atomic E-state index is 13.2. The first-order chi connectivity index (χ1) is 17.7. The fourth-order valence-corrected chi connectivity index (χ4v) is 5.68. The molecule has 4 N–H and O–H groups in total. The molecule has 0 aliphatic carbocycles. The van der Waals surface area contributed by atoms with Crippen LogP contribution in [0.3, 0.4) is 0 Å². The van der Waals surface area contributed by atoms with Crippen molar-refractivity contribution >= 4 is 40.6 Å². The van der Waals surface area contributed by atoms with Crippen molar-refractivity contribution in [2.75, 3.05) is 26.3 Å². The first-order valence-electron chi connectivity index (χ1n) is 12.0. The van der Waals surface area contributed by atoms with Crippen molar-refractivity contribution in [3.63, 3.8) is 0 Å². The highest BCUT2D eigenvalue weighted by molar-refractivity contribution is 7.89. The summed E-state index contributed by atoms with van der Waals surface area (Å²) in [6, 6.07) is 13.8. The minimum absolute atomic E-state index is 0.0433. The zero-order chi connectivity index (χ0) is 26.8. The molecule has 0 spiro atoms. The largest absolute Gasteiger partial charge is 0.475 e. The maximum atomic E-state index is 13.2. The highest BCUT2D eigenvalue weighted by Crippen LogP contribution is 2.21. The molecule has 1 heterocycles. The molecule has 0 radical (unpaired) electrons. The number of sulfonamides is 1. The van der Waals surface area contributed by atoms with Crippen LogP contribution in [0.1, 0.15) is 24.8 Å². The summed E-state index contributed by atoms with van der Waals surface area (Å²) in [5, 5.41) is 22.2. The van der Waals surface area contributed by atoms with E-state index in [-0.39, 0.29) is 16.3 Å². The third-order valence-corrected chi connectivity index (χ3v) is 7.97. The molecule has 0 aromatic heterocycles. The minimum Gasteiger partial charge on any atom is -0.426 e. The van der Waals surface area contributed by atoms with Crippen molar-refractivity contribution in [2.45, 2.75) is 42.6 Å². The zero-order valence-electron chi connectivity index (χ0n) is 20.3. The first kappa shape index (κ1) is 29.1. The Balaban J connectivity index is 1.73. The average molecular weight is 552 g/mol. The summed E-state index contributed by atoms with van der Waals surface area (Å²) in [6.07, 6.45) is 0.945. The Hall–Kier alpha value is -2.48. The molecule has 1 aliphatic rings. The van der Waals surface area contributed by atoms with E-state index >= 15 is 0 Å². The van der Waals surface area contributed by atoms with Crippen LogP contribution in [0.2, 0.25) is 5.02 Å². The lowest BCUT2D eigenvalue weighted by molar-refractivity contribution is -0.138. The van der Waals surface area contributed by atoms with Crippen molar-refractivity contribution in [2.24, 2.45) is 0 Å². The Bertz CT molecular complexity index is 1150. The van der Waals surface area contributed by atoms with Crippen LogP contribution in [0.4, 0.5) is 0 Å². The Morgan fingerprint density at radius 3 is 2.35 bits per heavy atom. The molecule has 200 valence electrons. The monoisotopic (exact) mass is 551 g/mol. The Labute approximate surface area is 222 Å². The number of ether oxygens (including phenoxy) is 1. The molecule has 10 nitrogen and oxygen atoms in total. The van der Waals surface area contributed by atoms with E-state index in [1.165, 1.54) is 23.1 Å². The Morgan fingerprint density at radius 2 is 1.70 bits per heavy atom. The van der Waals surface area contributed by atoms with Crippen molar-refractivity contribution in [1.82, 2.24) is 14.9 Å². The highest BCUT2D eigenvalue weighted by atomic mass is 35.5. The predicted molar refractivity (Wildman–Crippen MR) is 139 cm³/mol. The van der Waals surface area contributed by atoms with Gasteiger partial charge >= 0.3 is 7.12 Å². The van der Waals surface area contributed by atoms with Gasteiger partial charge in [-0.2, -0.15) is 4.72 Å². The van der Waals surface area contributed by atoms with Gasteiger partial charge in [0, 0.05) is 13.1 Å². The summed E-state index contributed by atoms with van der Waals surface area (Å²) in [5.41, 5.74) is 1.06. The maximum Gasteiger partial charge on any atom is 0.475 e. The minimum atomic E-state index is -4.28. The van der Waals surface area contributed by atoms with Crippen LogP contribution >= 0.6 is 11.6 Å².